The maximum Gasteiger partial charge on any atom is 0.336 e. The molecule has 21 heavy (non-hydrogen) atoms. The van der Waals surface area contributed by atoms with Crippen molar-refractivity contribution in [2.75, 3.05) is 0 Å². The van der Waals surface area contributed by atoms with Crippen LogP contribution in [0.2, 0.25) is 0 Å². The van der Waals surface area contributed by atoms with Gasteiger partial charge in [-0.2, -0.15) is 0 Å². The van der Waals surface area contributed by atoms with Gasteiger partial charge in [0.05, 0.1) is 5.39 Å². The first kappa shape index (κ1) is 13.9. The SMILES string of the molecule is CCCCc1cc(=O)oc2cc(C)c3c(C)c(C)oc3c12. The van der Waals surface area contributed by atoms with E-state index in [0.29, 0.717) is 5.58 Å². The lowest BCUT2D eigenvalue weighted by Gasteiger charge is -2.07. The molecule has 0 bridgehead atoms. The minimum Gasteiger partial charge on any atom is -0.460 e. The molecule has 3 heteroatoms. The Kier molecular flexibility index (Phi) is 3.36. The normalized spacial score (nSPS) is 11.6. The highest BCUT2D eigenvalue weighted by Gasteiger charge is 2.17. The number of aryl methyl sites for hydroxylation is 4. The van der Waals surface area contributed by atoms with E-state index in [1.54, 1.807) is 6.07 Å². The molecule has 110 valence electrons. The monoisotopic (exact) mass is 284 g/mol. The van der Waals surface area contributed by atoms with Gasteiger partial charge in [-0.1, -0.05) is 13.3 Å². The number of hydrogen-bond acceptors (Lipinski definition) is 3. The zero-order valence-electron chi connectivity index (χ0n) is 13.0. The Hall–Kier alpha value is -2.03. The summed E-state index contributed by atoms with van der Waals surface area (Å²) in [5.74, 6) is 0.924. The second kappa shape index (κ2) is 5.06. The van der Waals surface area contributed by atoms with Crippen LogP contribution in [0.1, 0.15) is 42.2 Å². The number of benzene rings is 1. The van der Waals surface area contributed by atoms with Crippen LogP contribution in [0.25, 0.3) is 21.9 Å². The van der Waals surface area contributed by atoms with Crippen molar-refractivity contribution in [2.24, 2.45) is 0 Å². The third-order valence-corrected chi connectivity index (χ3v) is 4.22. The fraction of sp³-hybridized carbons (Fsp3) is 0.389. The molecule has 0 unspecified atom stereocenters. The maximum absolute atomic E-state index is 11.8. The number of fused-ring (bicyclic) bond motifs is 3. The van der Waals surface area contributed by atoms with Crippen molar-refractivity contribution in [2.45, 2.75) is 47.0 Å². The number of hydrogen-bond donors (Lipinski definition) is 0. The van der Waals surface area contributed by atoms with Crippen LogP contribution in [0.4, 0.5) is 0 Å². The third kappa shape index (κ3) is 2.17. The van der Waals surface area contributed by atoms with Gasteiger partial charge in [0.1, 0.15) is 16.9 Å². The van der Waals surface area contributed by atoms with E-state index in [9.17, 15) is 4.79 Å². The fourth-order valence-electron chi connectivity index (χ4n) is 3.03. The molecule has 0 spiro atoms. The lowest BCUT2D eigenvalue weighted by Crippen LogP contribution is -2.01. The molecule has 0 amide bonds. The molecule has 3 nitrogen and oxygen atoms in total. The molecule has 1 aromatic carbocycles. The molecule has 0 N–H and O–H groups in total. The van der Waals surface area contributed by atoms with Crippen molar-refractivity contribution in [1.82, 2.24) is 0 Å². The zero-order chi connectivity index (χ0) is 15.1. The largest absolute Gasteiger partial charge is 0.460 e. The average molecular weight is 284 g/mol. The molecule has 0 aliphatic carbocycles. The molecular formula is C18H20O3. The topological polar surface area (TPSA) is 43.4 Å². The molecule has 3 rings (SSSR count). The Morgan fingerprint density at radius 3 is 2.52 bits per heavy atom. The van der Waals surface area contributed by atoms with Crippen LogP contribution in [-0.2, 0) is 6.42 Å². The van der Waals surface area contributed by atoms with Gasteiger partial charge in [-0.3, -0.25) is 0 Å². The van der Waals surface area contributed by atoms with Crippen LogP contribution >= 0.6 is 0 Å². The summed E-state index contributed by atoms with van der Waals surface area (Å²) in [6.45, 7) is 8.23. The van der Waals surface area contributed by atoms with E-state index in [-0.39, 0.29) is 5.63 Å². The minimum absolute atomic E-state index is 0.285. The molecule has 0 fully saturated rings. The molecule has 0 radical (unpaired) electrons. The summed E-state index contributed by atoms with van der Waals surface area (Å²) < 4.78 is 11.4. The van der Waals surface area contributed by atoms with Crippen molar-refractivity contribution >= 4 is 21.9 Å². The highest BCUT2D eigenvalue weighted by atomic mass is 16.4. The Labute approximate surface area is 123 Å². The van der Waals surface area contributed by atoms with E-state index in [1.807, 2.05) is 19.9 Å². The number of furan rings is 1. The average Bonchev–Trinajstić information content (AvgIpc) is 2.72. The third-order valence-electron chi connectivity index (χ3n) is 4.22. The van der Waals surface area contributed by atoms with Crippen LogP contribution in [0.15, 0.2) is 25.8 Å². The van der Waals surface area contributed by atoms with Gasteiger partial charge in [-0.15, -0.1) is 0 Å². The summed E-state index contributed by atoms with van der Waals surface area (Å²) in [6, 6.07) is 3.57. The lowest BCUT2D eigenvalue weighted by atomic mass is 9.99. The predicted octanol–water partition coefficient (Wildman–Crippen LogP) is 4.81. The van der Waals surface area contributed by atoms with Gasteiger partial charge in [0, 0.05) is 11.5 Å². The highest BCUT2D eigenvalue weighted by Crippen LogP contribution is 2.35. The molecule has 0 saturated heterocycles. The molecule has 0 aliphatic heterocycles. The smallest absolute Gasteiger partial charge is 0.336 e. The summed E-state index contributed by atoms with van der Waals surface area (Å²) >= 11 is 0. The second-order valence-corrected chi connectivity index (χ2v) is 5.75. The van der Waals surface area contributed by atoms with Gasteiger partial charge in [0.25, 0.3) is 0 Å². The molecule has 0 saturated carbocycles. The molecule has 2 heterocycles. The predicted molar refractivity (Wildman–Crippen MR) is 85.1 cm³/mol. The number of unbranched alkanes of at least 4 members (excludes halogenated alkanes) is 1. The van der Waals surface area contributed by atoms with E-state index >= 15 is 0 Å². The van der Waals surface area contributed by atoms with E-state index in [0.717, 1.165) is 58.1 Å². The molecular weight excluding hydrogens is 264 g/mol. The van der Waals surface area contributed by atoms with Crippen molar-refractivity contribution in [3.05, 3.63) is 45.0 Å². The van der Waals surface area contributed by atoms with E-state index in [1.165, 1.54) is 0 Å². The van der Waals surface area contributed by atoms with E-state index < -0.39 is 0 Å². The first-order chi connectivity index (χ1) is 10.0. The van der Waals surface area contributed by atoms with Gasteiger partial charge in [0.2, 0.25) is 0 Å². The standard InChI is InChI=1S/C18H20O3/c1-5-6-7-13-9-15(19)21-14-8-10(2)16-11(3)12(4)20-18(16)17(13)14/h8-9H,5-7H2,1-4H3. The lowest BCUT2D eigenvalue weighted by molar-refractivity contribution is 0.553. The van der Waals surface area contributed by atoms with Crippen molar-refractivity contribution in [1.29, 1.82) is 0 Å². The Morgan fingerprint density at radius 2 is 1.81 bits per heavy atom. The van der Waals surface area contributed by atoms with Gasteiger partial charge >= 0.3 is 5.63 Å². The minimum atomic E-state index is -0.285. The van der Waals surface area contributed by atoms with Gasteiger partial charge in [0.15, 0.2) is 0 Å². The summed E-state index contributed by atoms with van der Waals surface area (Å²) in [4.78, 5) is 11.8. The van der Waals surface area contributed by atoms with Crippen LogP contribution in [-0.4, -0.2) is 0 Å². The Balaban J connectivity index is 2.46. The van der Waals surface area contributed by atoms with Crippen LogP contribution in [0.3, 0.4) is 0 Å². The molecule has 3 aromatic rings. The molecule has 2 aromatic heterocycles. The zero-order valence-corrected chi connectivity index (χ0v) is 13.0. The van der Waals surface area contributed by atoms with Crippen LogP contribution in [0.5, 0.6) is 0 Å². The van der Waals surface area contributed by atoms with Gasteiger partial charge in [-0.25, -0.2) is 4.79 Å². The van der Waals surface area contributed by atoms with Crippen LogP contribution < -0.4 is 5.63 Å². The summed E-state index contributed by atoms with van der Waals surface area (Å²) in [7, 11) is 0. The molecule has 0 atom stereocenters. The highest BCUT2D eigenvalue weighted by molar-refractivity contribution is 6.06. The number of rotatable bonds is 3. The van der Waals surface area contributed by atoms with Crippen molar-refractivity contribution in [3.63, 3.8) is 0 Å². The summed E-state index contributed by atoms with van der Waals surface area (Å²) in [5, 5.41) is 2.10. The first-order valence-corrected chi connectivity index (χ1v) is 7.49. The quantitative estimate of drug-likeness (QED) is 0.648. The Morgan fingerprint density at radius 1 is 1.05 bits per heavy atom. The maximum atomic E-state index is 11.8. The fourth-order valence-corrected chi connectivity index (χ4v) is 3.03. The first-order valence-electron chi connectivity index (χ1n) is 7.49. The van der Waals surface area contributed by atoms with Gasteiger partial charge in [-0.05, 0) is 56.4 Å². The van der Waals surface area contributed by atoms with Crippen LogP contribution in [0, 0.1) is 20.8 Å². The van der Waals surface area contributed by atoms with Crippen molar-refractivity contribution in [3.8, 4) is 0 Å². The van der Waals surface area contributed by atoms with E-state index in [4.69, 9.17) is 8.83 Å². The summed E-state index contributed by atoms with van der Waals surface area (Å²) in [5.41, 5.74) is 4.48. The second-order valence-electron chi connectivity index (χ2n) is 5.75. The Bertz CT molecular complexity index is 881. The molecule has 0 aliphatic rings. The van der Waals surface area contributed by atoms with Crippen molar-refractivity contribution < 1.29 is 8.83 Å². The van der Waals surface area contributed by atoms with E-state index in [2.05, 4.69) is 13.8 Å². The summed E-state index contributed by atoms with van der Waals surface area (Å²) in [6.07, 6.45) is 3.01. The van der Waals surface area contributed by atoms with Gasteiger partial charge < -0.3 is 8.83 Å².